The van der Waals surface area contributed by atoms with Crippen molar-refractivity contribution in [2.45, 2.75) is 81.4 Å². The van der Waals surface area contributed by atoms with E-state index in [-0.39, 0.29) is 16.2 Å². The van der Waals surface area contributed by atoms with Gasteiger partial charge in [0.2, 0.25) is 5.91 Å². The van der Waals surface area contributed by atoms with Gasteiger partial charge < -0.3 is 9.64 Å². The van der Waals surface area contributed by atoms with Crippen LogP contribution < -0.4 is 14.4 Å². The highest BCUT2D eigenvalue weighted by atomic mass is 35.5. The van der Waals surface area contributed by atoms with Crippen molar-refractivity contribution in [1.29, 1.82) is 0 Å². The van der Waals surface area contributed by atoms with Gasteiger partial charge in [-0.1, -0.05) is 36.7 Å². The van der Waals surface area contributed by atoms with Gasteiger partial charge in [0, 0.05) is 23.5 Å². The van der Waals surface area contributed by atoms with E-state index >= 15 is 0 Å². The average molecular weight is 609 g/mol. The van der Waals surface area contributed by atoms with Crippen LogP contribution in [0.2, 0.25) is 5.02 Å². The fraction of sp³-hybridized carbons (Fsp3) is 0.559. The quantitative estimate of drug-likeness (QED) is 0.360. The third kappa shape index (κ3) is 4.94. The first kappa shape index (κ1) is 28.3. The number of hydrogen-bond donors (Lipinski definition) is 1. The van der Waals surface area contributed by atoms with Crippen molar-refractivity contribution >= 4 is 33.2 Å². The molecule has 2 bridgehead atoms. The lowest BCUT2D eigenvalue weighted by Gasteiger charge is -2.46. The lowest BCUT2D eigenvalue weighted by Crippen LogP contribution is -2.49. The van der Waals surface area contributed by atoms with E-state index < -0.39 is 15.4 Å². The molecule has 42 heavy (non-hydrogen) atoms. The van der Waals surface area contributed by atoms with Crippen molar-refractivity contribution < 1.29 is 17.9 Å². The van der Waals surface area contributed by atoms with Crippen molar-refractivity contribution in [3.63, 3.8) is 0 Å². The molecule has 4 atom stereocenters. The Hall–Kier alpha value is -2.51. The summed E-state index contributed by atoms with van der Waals surface area (Å²) in [6, 6.07) is 11.4. The van der Waals surface area contributed by atoms with Gasteiger partial charge >= 0.3 is 0 Å². The highest BCUT2D eigenvalue weighted by Crippen LogP contribution is 2.51. The van der Waals surface area contributed by atoms with Crippen LogP contribution in [0.25, 0.3) is 0 Å². The fourth-order valence-electron chi connectivity index (χ4n) is 8.17. The highest BCUT2D eigenvalue weighted by molar-refractivity contribution is 7.90. The normalized spacial score (nSPS) is 32.0. The zero-order valence-corrected chi connectivity index (χ0v) is 26.0. The molecule has 0 aromatic heterocycles. The van der Waals surface area contributed by atoms with E-state index in [1.165, 1.54) is 24.0 Å². The van der Waals surface area contributed by atoms with Gasteiger partial charge in [-0.2, -0.15) is 0 Å². The molecule has 2 aromatic rings. The molecule has 2 aromatic carbocycles. The molecular formula is C34H41ClN2O4S. The van der Waals surface area contributed by atoms with Gasteiger partial charge in [-0.25, -0.2) is 13.1 Å². The Labute approximate surface area is 254 Å². The van der Waals surface area contributed by atoms with Crippen LogP contribution in [0, 0.1) is 23.2 Å². The third-order valence-corrected chi connectivity index (χ3v) is 12.6. The minimum Gasteiger partial charge on any atom is -0.490 e. The molecule has 2 saturated carbocycles. The first-order chi connectivity index (χ1) is 20.2. The number of allylic oxidation sites excluding steroid dienone is 2. The number of amides is 1. The van der Waals surface area contributed by atoms with Gasteiger partial charge in [-0.05, 0) is 123 Å². The maximum absolute atomic E-state index is 13.6. The summed E-state index contributed by atoms with van der Waals surface area (Å²) >= 11 is 6.42. The highest BCUT2D eigenvalue weighted by Gasteiger charge is 2.50. The van der Waals surface area contributed by atoms with Crippen LogP contribution in [-0.2, 0) is 26.7 Å². The predicted molar refractivity (Wildman–Crippen MR) is 166 cm³/mol. The molecule has 1 amide bonds. The molecule has 8 heteroatoms. The van der Waals surface area contributed by atoms with Gasteiger partial charge in [0.05, 0.1) is 22.6 Å². The van der Waals surface area contributed by atoms with Crippen LogP contribution in [0.4, 0.5) is 5.69 Å². The zero-order valence-electron chi connectivity index (χ0n) is 24.4. The Bertz CT molecular complexity index is 1530. The van der Waals surface area contributed by atoms with Crippen molar-refractivity contribution in [2.24, 2.45) is 23.2 Å². The summed E-state index contributed by atoms with van der Waals surface area (Å²) in [5, 5.41) is 0.759. The molecule has 1 N–H and O–H groups in total. The largest absolute Gasteiger partial charge is 0.490 e. The lowest BCUT2D eigenvalue weighted by molar-refractivity contribution is -0.124. The molecule has 7 rings (SSSR count). The summed E-state index contributed by atoms with van der Waals surface area (Å²) in [5.74, 6) is 1.99. The third-order valence-electron chi connectivity index (χ3n) is 11.0. The Morgan fingerprint density at radius 1 is 1.07 bits per heavy atom. The smallest absolute Gasteiger partial charge is 0.264 e. The summed E-state index contributed by atoms with van der Waals surface area (Å²) in [4.78, 5) is 15.8. The summed E-state index contributed by atoms with van der Waals surface area (Å²) in [6.07, 6.45) is 14.2. The van der Waals surface area contributed by atoms with Crippen molar-refractivity contribution in [1.82, 2.24) is 4.72 Å². The summed E-state index contributed by atoms with van der Waals surface area (Å²) in [7, 11) is -4.03. The van der Waals surface area contributed by atoms with Crippen LogP contribution in [0.1, 0.15) is 75.8 Å². The zero-order chi connectivity index (χ0) is 29.1. The van der Waals surface area contributed by atoms with Crippen molar-refractivity contribution in [3.8, 4) is 5.75 Å². The maximum Gasteiger partial charge on any atom is 0.264 e. The minimum atomic E-state index is -4.03. The van der Waals surface area contributed by atoms with Crippen molar-refractivity contribution in [3.05, 3.63) is 64.7 Å². The Morgan fingerprint density at radius 3 is 2.69 bits per heavy atom. The number of nitrogens with one attached hydrogen (secondary N) is 1. The number of anilines is 1. The molecule has 5 aliphatic rings. The number of carbonyl (C=O) groups excluding carboxylic acids is 1. The molecule has 2 fully saturated rings. The number of halogens is 1. The number of nitrogens with zero attached hydrogens (tertiary/aromatic N) is 1. The number of sulfonamides is 1. The molecule has 0 unspecified atom stereocenters. The Morgan fingerprint density at radius 2 is 1.93 bits per heavy atom. The predicted octanol–water partition coefficient (Wildman–Crippen LogP) is 6.80. The van der Waals surface area contributed by atoms with E-state index in [0.717, 1.165) is 68.7 Å². The van der Waals surface area contributed by atoms with E-state index in [0.29, 0.717) is 36.5 Å². The fourth-order valence-corrected chi connectivity index (χ4v) is 9.46. The summed E-state index contributed by atoms with van der Waals surface area (Å²) in [6.45, 7) is 4.42. The first-order valence-electron chi connectivity index (χ1n) is 15.8. The summed E-state index contributed by atoms with van der Waals surface area (Å²) in [5.41, 5.74) is 2.61. The molecule has 224 valence electrons. The number of carbonyl (C=O) groups is 1. The molecule has 2 spiro atoms. The second-order valence-electron chi connectivity index (χ2n) is 13.5. The van der Waals surface area contributed by atoms with E-state index in [1.807, 2.05) is 6.07 Å². The van der Waals surface area contributed by atoms with Crippen LogP contribution in [0.5, 0.6) is 5.75 Å². The Kier molecular flexibility index (Phi) is 7.13. The van der Waals surface area contributed by atoms with Crippen LogP contribution in [0.15, 0.2) is 53.4 Å². The van der Waals surface area contributed by atoms with Crippen molar-refractivity contribution in [2.75, 3.05) is 24.6 Å². The van der Waals surface area contributed by atoms with Crippen LogP contribution in [-0.4, -0.2) is 34.0 Å². The molecule has 6 nitrogen and oxygen atoms in total. The number of hydrogen-bond acceptors (Lipinski definition) is 5. The second kappa shape index (κ2) is 10.6. The average Bonchev–Trinajstić information content (AvgIpc) is 3.77. The molecule has 3 aliphatic carbocycles. The van der Waals surface area contributed by atoms with Gasteiger partial charge in [0.25, 0.3) is 10.0 Å². The number of benzene rings is 2. The lowest BCUT2D eigenvalue weighted by atomic mass is 9.65. The van der Waals surface area contributed by atoms with Crippen LogP contribution in [0.3, 0.4) is 0 Å². The van der Waals surface area contributed by atoms with E-state index in [4.69, 9.17) is 16.3 Å². The van der Waals surface area contributed by atoms with Gasteiger partial charge in [-0.15, -0.1) is 0 Å². The molecule has 0 radical (unpaired) electrons. The number of fused-ring (bicyclic) bond motifs is 4. The SMILES string of the molecule is CC[C@@H]1/C=C\CCC2(CC2)C(=O)NS(=O)(=O)c2ccc3c(c2)N(C[C@@H]2CC[C@H]21)C[C@@]1(CCCc2cc(Cl)ccc21)CO3. The van der Waals surface area contributed by atoms with E-state index in [9.17, 15) is 13.2 Å². The van der Waals surface area contributed by atoms with E-state index in [2.05, 4.69) is 40.8 Å². The Balaban J connectivity index is 1.31. The van der Waals surface area contributed by atoms with Gasteiger partial charge in [-0.3, -0.25) is 4.79 Å². The van der Waals surface area contributed by atoms with Gasteiger partial charge in [0.1, 0.15) is 5.75 Å². The maximum atomic E-state index is 13.6. The second-order valence-corrected chi connectivity index (χ2v) is 15.6. The number of ether oxygens (including phenoxy) is 1. The number of aryl methyl sites for hydroxylation is 1. The molecule has 2 heterocycles. The van der Waals surface area contributed by atoms with E-state index in [1.54, 1.807) is 18.2 Å². The summed E-state index contributed by atoms with van der Waals surface area (Å²) < 4.78 is 36.2. The topological polar surface area (TPSA) is 75.7 Å². The first-order valence-corrected chi connectivity index (χ1v) is 17.6. The number of rotatable bonds is 1. The molecule has 0 saturated heterocycles. The monoisotopic (exact) mass is 608 g/mol. The molecular weight excluding hydrogens is 568 g/mol. The molecule has 2 aliphatic heterocycles. The standard InChI is InChI=1S/C34H41ClN2O4S/c1-2-23-6-3-4-14-33(16-17-33)32(38)36-42(39,40)27-10-13-31-30(19-27)37(20-25-8-11-28(23)25)21-34(22-41-31)15-5-7-24-18-26(35)9-12-29(24)34/h3,6,9-10,12-13,18-19,23,25,28H,2,4-5,7-8,11,14-17,20-22H2,1H3,(H,36,38)/b6-3-/t23-,25+,28+,34+/m1/s1. The van der Waals surface area contributed by atoms with Gasteiger partial charge in [0.15, 0.2) is 0 Å². The van der Waals surface area contributed by atoms with Crippen LogP contribution >= 0.6 is 11.6 Å². The minimum absolute atomic E-state index is 0.120.